The summed E-state index contributed by atoms with van der Waals surface area (Å²) in [5.41, 5.74) is 0.544. The van der Waals surface area contributed by atoms with E-state index in [1.54, 1.807) is 19.1 Å². The number of carbonyl (C=O) groups is 1. The van der Waals surface area contributed by atoms with Crippen molar-refractivity contribution in [3.63, 3.8) is 0 Å². The molecule has 4 nitrogen and oxygen atoms in total. The molecule has 19 heavy (non-hydrogen) atoms. The number of esters is 1. The quantitative estimate of drug-likeness (QED) is 0.863. The third-order valence-corrected chi connectivity index (χ3v) is 3.01. The summed E-state index contributed by atoms with van der Waals surface area (Å²) in [6.45, 7) is 2.27. The Morgan fingerprint density at radius 1 is 1.47 bits per heavy atom. The van der Waals surface area contributed by atoms with E-state index in [0.29, 0.717) is 24.3 Å². The highest BCUT2D eigenvalue weighted by Gasteiger charge is 2.31. The zero-order chi connectivity index (χ0) is 13.1. The van der Waals surface area contributed by atoms with Crippen LogP contribution in [0.15, 0.2) is 18.2 Å². The minimum atomic E-state index is -0.318. The van der Waals surface area contributed by atoms with Crippen LogP contribution in [-0.4, -0.2) is 31.8 Å². The second-order valence-corrected chi connectivity index (χ2v) is 4.37. The highest BCUT2D eigenvalue weighted by atomic mass is 35.5. The van der Waals surface area contributed by atoms with Crippen LogP contribution in [0.25, 0.3) is 0 Å². The summed E-state index contributed by atoms with van der Waals surface area (Å²) in [7, 11) is 1.36. The summed E-state index contributed by atoms with van der Waals surface area (Å²) in [5, 5.41) is 3.03. The highest BCUT2D eigenvalue weighted by molar-refractivity contribution is 5.85. The highest BCUT2D eigenvalue weighted by Crippen LogP contribution is 2.20. The molecule has 0 amide bonds. The molecule has 1 fully saturated rings. The zero-order valence-corrected chi connectivity index (χ0v) is 11.6. The van der Waals surface area contributed by atoms with Gasteiger partial charge in [0.15, 0.2) is 0 Å². The summed E-state index contributed by atoms with van der Waals surface area (Å²) in [4.78, 5) is 11.3. The molecule has 1 heterocycles. The summed E-state index contributed by atoms with van der Waals surface area (Å²) in [6.07, 6.45) is 0.460. The number of nitrogens with one attached hydrogen (secondary N) is 1. The molecule has 0 aliphatic carbocycles. The maximum atomic E-state index is 13.1. The Labute approximate surface area is 117 Å². The third kappa shape index (κ3) is 3.81. The van der Waals surface area contributed by atoms with Gasteiger partial charge in [0.2, 0.25) is 0 Å². The van der Waals surface area contributed by atoms with Crippen LogP contribution in [0.1, 0.15) is 12.0 Å². The maximum absolute atomic E-state index is 13.1. The molecule has 0 saturated carbocycles. The number of halogens is 2. The number of carbonyl (C=O) groups excluding carboxylic acids is 1. The largest absolute Gasteiger partial charge is 0.489 e. The van der Waals surface area contributed by atoms with Gasteiger partial charge in [0.25, 0.3) is 0 Å². The van der Waals surface area contributed by atoms with Crippen LogP contribution in [0.3, 0.4) is 0 Å². The number of ether oxygens (including phenoxy) is 2. The van der Waals surface area contributed by atoms with Crippen molar-refractivity contribution >= 4 is 18.4 Å². The molecule has 1 aromatic carbocycles. The first kappa shape index (κ1) is 15.7. The predicted molar refractivity (Wildman–Crippen MR) is 71.2 cm³/mol. The number of aryl methyl sites for hydroxylation is 1. The lowest BCUT2D eigenvalue weighted by molar-refractivity contribution is -0.142. The number of methoxy groups -OCH3 is 1. The Kier molecular flexibility index (Phi) is 5.57. The molecule has 1 aromatic rings. The first-order valence-corrected chi connectivity index (χ1v) is 5.84. The lowest BCUT2D eigenvalue weighted by atomic mass is 10.2. The molecular formula is C13H17ClFNO3. The van der Waals surface area contributed by atoms with E-state index in [0.717, 1.165) is 0 Å². The van der Waals surface area contributed by atoms with Crippen molar-refractivity contribution in [2.24, 2.45) is 0 Å². The molecule has 1 saturated heterocycles. The van der Waals surface area contributed by atoms with Gasteiger partial charge in [-0.25, -0.2) is 4.39 Å². The average Bonchev–Trinajstić information content (AvgIpc) is 2.81. The van der Waals surface area contributed by atoms with Crippen molar-refractivity contribution in [1.82, 2.24) is 5.32 Å². The van der Waals surface area contributed by atoms with Gasteiger partial charge < -0.3 is 14.8 Å². The van der Waals surface area contributed by atoms with Gasteiger partial charge in [0.1, 0.15) is 23.7 Å². The van der Waals surface area contributed by atoms with Gasteiger partial charge in [-0.3, -0.25) is 4.79 Å². The molecular weight excluding hydrogens is 273 g/mol. The van der Waals surface area contributed by atoms with Gasteiger partial charge in [-0.2, -0.15) is 0 Å². The van der Waals surface area contributed by atoms with Crippen LogP contribution >= 0.6 is 12.4 Å². The van der Waals surface area contributed by atoms with E-state index in [2.05, 4.69) is 10.1 Å². The summed E-state index contributed by atoms with van der Waals surface area (Å²) < 4.78 is 23.5. The summed E-state index contributed by atoms with van der Waals surface area (Å²) in [6, 6.07) is 4.31. The normalized spacial score (nSPS) is 21.6. The van der Waals surface area contributed by atoms with Crippen LogP contribution in [0.4, 0.5) is 4.39 Å². The molecule has 2 atom stereocenters. The van der Waals surface area contributed by atoms with E-state index in [4.69, 9.17) is 4.74 Å². The van der Waals surface area contributed by atoms with Crippen LogP contribution < -0.4 is 10.1 Å². The molecule has 2 unspecified atom stereocenters. The lowest BCUT2D eigenvalue weighted by Crippen LogP contribution is -2.31. The van der Waals surface area contributed by atoms with Gasteiger partial charge in [0.05, 0.1) is 7.11 Å². The molecule has 1 aliphatic heterocycles. The third-order valence-electron chi connectivity index (χ3n) is 3.01. The van der Waals surface area contributed by atoms with E-state index in [1.165, 1.54) is 13.2 Å². The molecule has 0 spiro atoms. The number of hydrogen-bond acceptors (Lipinski definition) is 4. The minimum Gasteiger partial charge on any atom is -0.489 e. The van der Waals surface area contributed by atoms with Crippen molar-refractivity contribution in [1.29, 1.82) is 0 Å². The molecule has 6 heteroatoms. The fraction of sp³-hybridized carbons (Fsp3) is 0.462. The average molecular weight is 290 g/mol. The maximum Gasteiger partial charge on any atom is 0.323 e. The first-order valence-electron chi connectivity index (χ1n) is 5.84. The number of rotatable bonds is 3. The van der Waals surface area contributed by atoms with E-state index in [-0.39, 0.29) is 36.3 Å². The van der Waals surface area contributed by atoms with E-state index >= 15 is 0 Å². The zero-order valence-electron chi connectivity index (χ0n) is 10.8. The SMILES string of the molecule is COC(=O)C1CC(Oc2ccc(F)c(C)c2)CN1.Cl. The lowest BCUT2D eigenvalue weighted by Gasteiger charge is -2.13. The Morgan fingerprint density at radius 2 is 2.21 bits per heavy atom. The molecule has 2 rings (SSSR count). The Bertz CT molecular complexity index is 456. The smallest absolute Gasteiger partial charge is 0.323 e. The monoisotopic (exact) mass is 289 g/mol. The van der Waals surface area contributed by atoms with Crippen LogP contribution in [0.5, 0.6) is 5.75 Å². The molecule has 1 N–H and O–H groups in total. The molecule has 0 bridgehead atoms. The van der Waals surface area contributed by atoms with Crippen LogP contribution in [0.2, 0.25) is 0 Å². The Balaban J connectivity index is 0.00000180. The van der Waals surface area contributed by atoms with E-state index in [9.17, 15) is 9.18 Å². The molecule has 106 valence electrons. The van der Waals surface area contributed by atoms with Crippen LogP contribution in [-0.2, 0) is 9.53 Å². The van der Waals surface area contributed by atoms with Gasteiger partial charge >= 0.3 is 5.97 Å². The molecule has 0 aromatic heterocycles. The molecule has 0 radical (unpaired) electrons. The Hall–Kier alpha value is -1.33. The van der Waals surface area contributed by atoms with Gasteiger partial charge in [-0.15, -0.1) is 12.4 Å². The minimum absolute atomic E-state index is 0. The van der Waals surface area contributed by atoms with E-state index < -0.39 is 0 Å². The van der Waals surface area contributed by atoms with Crippen molar-refractivity contribution < 1.29 is 18.7 Å². The second-order valence-electron chi connectivity index (χ2n) is 4.37. The van der Waals surface area contributed by atoms with Crippen molar-refractivity contribution in [3.8, 4) is 5.75 Å². The summed E-state index contributed by atoms with van der Waals surface area (Å²) >= 11 is 0. The van der Waals surface area contributed by atoms with Crippen molar-refractivity contribution in [2.75, 3.05) is 13.7 Å². The van der Waals surface area contributed by atoms with Gasteiger partial charge in [-0.05, 0) is 30.7 Å². The first-order chi connectivity index (χ1) is 8.60. The topological polar surface area (TPSA) is 47.6 Å². The fourth-order valence-electron chi connectivity index (χ4n) is 2.00. The predicted octanol–water partition coefficient (Wildman–Crippen LogP) is 1.84. The Morgan fingerprint density at radius 3 is 2.84 bits per heavy atom. The van der Waals surface area contributed by atoms with Crippen LogP contribution in [0, 0.1) is 12.7 Å². The fourth-order valence-corrected chi connectivity index (χ4v) is 2.00. The second kappa shape index (κ2) is 6.73. The summed E-state index contributed by atoms with van der Waals surface area (Å²) in [5.74, 6) is 0.0851. The standard InChI is InChI=1S/C13H16FNO3.ClH/c1-8-5-9(3-4-11(8)14)18-10-6-12(15-7-10)13(16)17-2;/h3-5,10,12,15H,6-7H2,1-2H3;1H. The van der Waals surface area contributed by atoms with Crippen molar-refractivity contribution in [2.45, 2.75) is 25.5 Å². The number of hydrogen-bond donors (Lipinski definition) is 1. The molecule has 1 aliphatic rings. The number of benzene rings is 1. The van der Waals surface area contributed by atoms with E-state index in [1.807, 2.05) is 0 Å². The van der Waals surface area contributed by atoms with Gasteiger partial charge in [0, 0.05) is 13.0 Å². The van der Waals surface area contributed by atoms with Crippen molar-refractivity contribution in [3.05, 3.63) is 29.6 Å². The van der Waals surface area contributed by atoms with Gasteiger partial charge in [-0.1, -0.05) is 0 Å².